The van der Waals surface area contributed by atoms with Gasteiger partial charge >= 0.3 is 0 Å². The summed E-state index contributed by atoms with van der Waals surface area (Å²) in [6.45, 7) is 6.02. The number of phenols is 1. The first kappa shape index (κ1) is 22.1. The molecule has 3 rings (SSSR count). The summed E-state index contributed by atoms with van der Waals surface area (Å²) in [5, 5.41) is 16.6. The minimum atomic E-state index is -0.665. The van der Waals surface area contributed by atoms with E-state index in [0.29, 0.717) is 6.42 Å². The second-order valence-corrected chi connectivity index (χ2v) is 7.96. The Hall–Kier alpha value is -3.61. The van der Waals surface area contributed by atoms with Crippen LogP contribution in [0.1, 0.15) is 49.3 Å². The van der Waals surface area contributed by atoms with Gasteiger partial charge in [-0.15, -0.1) is 0 Å². The number of para-hydroxylation sites is 1. The Morgan fingerprint density at radius 2 is 1.68 bits per heavy atom. The van der Waals surface area contributed by atoms with E-state index in [-0.39, 0.29) is 43.2 Å². The molecule has 166 valence electrons. The molecule has 0 radical (unpaired) electrons. The monoisotopic (exact) mass is 425 g/mol. The number of carbonyl (C=O) groups excluding carboxylic acids is 1. The van der Waals surface area contributed by atoms with Crippen LogP contribution in [-0.2, 0) is 0 Å². The number of anilines is 3. The summed E-state index contributed by atoms with van der Waals surface area (Å²) in [5.74, 6) is -0.646. The maximum atomic E-state index is 12.3. The molecule has 0 aliphatic rings. The zero-order valence-electron chi connectivity index (χ0n) is 18.4. The molecule has 31 heavy (non-hydrogen) atoms. The number of phenolic OH excluding ortho intramolecular Hbond substituents is 1. The van der Waals surface area contributed by atoms with E-state index in [1.54, 1.807) is 26.2 Å². The van der Waals surface area contributed by atoms with Crippen LogP contribution in [0.25, 0.3) is 0 Å². The zero-order valence-corrected chi connectivity index (χ0v) is 18.4. The fourth-order valence-electron chi connectivity index (χ4n) is 3.65. The summed E-state index contributed by atoms with van der Waals surface area (Å²) < 4.78 is 0. The summed E-state index contributed by atoms with van der Waals surface area (Å²) in [7, 11) is 3.16. The van der Waals surface area contributed by atoms with Crippen LogP contribution in [0.4, 0.5) is 17.1 Å². The lowest BCUT2D eigenvalue weighted by atomic mass is 9.98. The number of amides is 1. The van der Waals surface area contributed by atoms with Crippen LogP contribution >= 0.6 is 0 Å². The molecular weight excluding hydrogens is 394 g/mol. The summed E-state index contributed by atoms with van der Waals surface area (Å²) in [6, 6.07) is 10.7. The Balaban J connectivity index is 0.00000272. The normalized spacial score (nSPS) is 11.9. The van der Waals surface area contributed by atoms with Crippen LogP contribution < -0.4 is 21.5 Å². The largest absolute Gasteiger partial charge is 0.505 e. The molecule has 1 amide bonds. The van der Waals surface area contributed by atoms with Crippen LogP contribution in [0.5, 0.6) is 5.75 Å². The maximum absolute atomic E-state index is 12.3. The lowest BCUT2D eigenvalue weighted by Crippen LogP contribution is -2.37. The Morgan fingerprint density at radius 1 is 1.06 bits per heavy atom. The minimum absolute atomic E-state index is 0. The predicted molar refractivity (Wildman–Crippen MR) is 128 cm³/mol. The fourth-order valence-corrected chi connectivity index (χ4v) is 3.65. The third-order valence-electron chi connectivity index (χ3n) is 5.22. The molecule has 1 atom stereocenters. The van der Waals surface area contributed by atoms with Crippen LogP contribution in [0.15, 0.2) is 46.0 Å². The van der Waals surface area contributed by atoms with Crippen LogP contribution in [-0.4, -0.2) is 30.0 Å². The molecule has 3 aromatic rings. The summed E-state index contributed by atoms with van der Waals surface area (Å²) in [5.41, 5.74) is 2.54. The van der Waals surface area contributed by atoms with Gasteiger partial charge in [0.1, 0.15) is 11.4 Å². The third-order valence-corrected chi connectivity index (χ3v) is 5.22. The highest BCUT2D eigenvalue weighted by molar-refractivity contribution is 5.99. The van der Waals surface area contributed by atoms with Crippen LogP contribution in [0, 0.1) is 13.8 Å². The van der Waals surface area contributed by atoms with Gasteiger partial charge in [-0.3, -0.25) is 14.4 Å². The number of nitrogens with zero attached hydrogens (tertiary/aromatic N) is 1. The molecule has 7 heteroatoms. The van der Waals surface area contributed by atoms with Crippen molar-refractivity contribution in [2.75, 3.05) is 24.7 Å². The standard InChI is InChI=1S/C24H27N3O4.2H2/c1-6-17(15-11-13(2)10-14(3)12-15)25-19-20(23(30)22(19)29)26-18-9-7-8-16(21(18)28)24(31)27(4)5;;/h7-12,17,25-26,28H,6H2,1-5H3;2*1H. The van der Waals surface area contributed by atoms with Gasteiger partial charge in [0, 0.05) is 16.9 Å². The van der Waals surface area contributed by atoms with Gasteiger partial charge in [-0.2, -0.15) is 0 Å². The molecule has 0 aliphatic carbocycles. The number of rotatable bonds is 7. The van der Waals surface area contributed by atoms with Crippen molar-refractivity contribution in [2.45, 2.75) is 33.2 Å². The maximum Gasteiger partial charge on any atom is 0.257 e. The van der Waals surface area contributed by atoms with Crippen molar-refractivity contribution < 1.29 is 12.8 Å². The average Bonchev–Trinajstić information content (AvgIpc) is 2.72. The average molecular weight is 426 g/mol. The fraction of sp³-hybridized carbons (Fsp3) is 0.292. The lowest BCUT2D eigenvalue weighted by molar-refractivity contribution is 0.0824. The molecule has 0 saturated heterocycles. The van der Waals surface area contributed by atoms with E-state index in [4.69, 9.17) is 0 Å². The summed E-state index contributed by atoms with van der Waals surface area (Å²) in [4.78, 5) is 38.2. The van der Waals surface area contributed by atoms with Crippen molar-refractivity contribution in [3.8, 4) is 5.75 Å². The topological polar surface area (TPSA) is 98.7 Å². The second-order valence-electron chi connectivity index (χ2n) is 7.96. The molecule has 0 saturated carbocycles. The Bertz CT molecular complexity index is 1200. The number of carbonyl (C=O) groups is 1. The first-order valence-electron chi connectivity index (χ1n) is 10.1. The molecule has 1 unspecified atom stereocenters. The van der Waals surface area contributed by atoms with E-state index >= 15 is 0 Å². The number of nitrogens with one attached hydrogen (secondary N) is 2. The van der Waals surface area contributed by atoms with E-state index in [9.17, 15) is 19.5 Å². The van der Waals surface area contributed by atoms with E-state index in [0.717, 1.165) is 16.7 Å². The molecule has 0 spiro atoms. The molecule has 0 bridgehead atoms. The first-order valence-corrected chi connectivity index (χ1v) is 10.1. The Morgan fingerprint density at radius 3 is 2.26 bits per heavy atom. The molecule has 7 nitrogen and oxygen atoms in total. The zero-order chi connectivity index (χ0) is 22.9. The highest BCUT2D eigenvalue weighted by Gasteiger charge is 2.25. The summed E-state index contributed by atoms with van der Waals surface area (Å²) >= 11 is 0. The number of aromatic hydroxyl groups is 1. The van der Waals surface area contributed by atoms with Gasteiger partial charge in [0.05, 0.1) is 17.3 Å². The molecule has 3 aromatic carbocycles. The third kappa shape index (κ3) is 4.30. The quantitative estimate of drug-likeness (QED) is 0.389. The predicted octanol–water partition coefficient (Wildman–Crippen LogP) is 4.11. The van der Waals surface area contributed by atoms with Crippen molar-refractivity contribution in [1.29, 1.82) is 0 Å². The molecule has 0 aliphatic heterocycles. The SMILES string of the molecule is CCC(Nc1c(Nc2cccc(C(=O)N(C)C)c2O)c(=O)c1=O)c1cc(C)cc(C)c1.[HH].[HH]. The number of hydrogen-bond acceptors (Lipinski definition) is 6. The smallest absolute Gasteiger partial charge is 0.257 e. The molecule has 3 N–H and O–H groups in total. The van der Waals surface area contributed by atoms with Crippen molar-refractivity contribution in [3.63, 3.8) is 0 Å². The molecule has 0 aromatic heterocycles. The van der Waals surface area contributed by atoms with Gasteiger partial charge in [0.25, 0.3) is 16.8 Å². The molecule has 0 heterocycles. The molecular formula is C24H31N3O4. The van der Waals surface area contributed by atoms with E-state index < -0.39 is 10.9 Å². The van der Waals surface area contributed by atoms with Crippen molar-refractivity contribution >= 4 is 23.0 Å². The van der Waals surface area contributed by atoms with Crippen molar-refractivity contribution in [1.82, 2.24) is 4.90 Å². The van der Waals surface area contributed by atoms with Gasteiger partial charge in [-0.05, 0) is 38.0 Å². The van der Waals surface area contributed by atoms with E-state index in [2.05, 4.69) is 28.8 Å². The van der Waals surface area contributed by atoms with Crippen molar-refractivity contribution in [3.05, 3.63) is 79.1 Å². The summed E-state index contributed by atoms with van der Waals surface area (Å²) in [6.07, 6.45) is 0.708. The van der Waals surface area contributed by atoms with Gasteiger partial charge in [0.2, 0.25) is 0 Å². The highest BCUT2D eigenvalue weighted by Crippen LogP contribution is 2.33. The minimum Gasteiger partial charge on any atom is -0.505 e. The van der Waals surface area contributed by atoms with Crippen LogP contribution in [0.2, 0.25) is 0 Å². The number of aryl methyl sites for hydroxylation is 2. The second kappa shape index (κ2) is 8.63. The molecule has 0 fully saturated rings. The Labute approximate surface area is 184 Å². The number of benzene rings is 2. The van der Waals surface area contributed by atoms with Gasteiger partial charge in [-0.25, -0.2) is 0 Å². The van der Waals surface area contributed by atoms with E-state index in [1.165, 1.54) is 11.0 Å². The van der Waals surface area contributed by atoms with Gasteiger partial charge in [0.15, 0.2) is 5.75 Å². The first-order chi connectivity index (χ1) is 14.6. The van der Waals surface area contributed by atoms with E-state index in [1.807, 2.05) is 20.8 Å². The Kier molecular flexibility index (Phi) is 6.15. The number of hydrogen-bond donors (Lipinski definition) is 3. The van der Waals surface area contributed by atoms with Crippen molar-refractivity contribution in [2.24, 2.45) is 0 Å². The van der Waals surface area contributed by atoms with Crippen LogP contribution in [0.3, 0.4) is 0 Å². The van der Waals surface area contributed by atoms with Gasteiger partial charge in [-0.1, -0.05) is 42.3 Å². The highest BCUT2D eigenvalue weighted by atomic mass is 16.3. The lowest BCUT2D eigenvalue weighted by Gasteiger charge is -2.23. The van der Waals surface area contributed by atoms with Gasteiger partial charge < -0.3 is 20.6 Å².